The second-order valence-electron chi connectivity index (χ2n) is 5.89. The summed E-state index contributed by atoms with van der Waals surface area (Å²) in [4.78, 5) is 0. The summed E-state index contributed by atoms with van der Waals surface area (Å²) in [5.74, 6) is 1.97. The highest BCUT2D eigenvalue weighted by Crippen LogP contribution is 2.34. The van der Waals surface area contributed by atoms with E-state index in [0.717, 1.165) is 0 Å². The summed E-state index contributed by atoms with van der Waals surface area (Å²) in [5.41, 5.74) is 2.97. The minimum absolute atomic E-state index is 0.640. The molecular weight excluding hydrogens is 264 g/mol. The first kappa shape index (κ1) is 20.7. The molecule has 1 rings (SSSR count). The van der Waals surface area contributed by atoms with E-state index in [0.29, 0.717) is 17.8 Å². The molecule has 0 fully saturated rings. The molecule has 0 nitrogen and oxygen atoms in total. The second-order valence-corrected chi connectivity index (χ2v) is 5.89. The quantitative estimate of drug-likeness (QED) is 0.460. The first-order valence-corrected chi connectivity index (χ1v) is 8.97. The van der Waals surface area contributed by atoms with Crippen molar-refractivity contribution in [3.8, 4) is 0 Å². The molecule has 0 bridgehead atoms. The average molecular weight is 301 g/mol. The van der Waals surface area contributed by atoms with E-state index in [4.69, 9.17) is 0 Å². The van der Waals surface area contributed by atoms with Crippen LogP contribution in [0.15, 0.2) is 54.1 Å². The molecule has 1 aromatic rings. The molecular formula is C22H36. The Hall–Kier alpha value is -1.30. The number of hydrogen-bond acceptors (Lipinski definition) is 0. The molecule has 2 unspecified atom stereocenters. The molecule has 22 heavy (non-hydrogen) atoms. The Morgan fingerprint density at radius 3 is 2.05 bits per heavy atom. The van der Waals surface area contributed by atoms with E-state index in [2.05, 4.69) is 83.2 Å². The van der Waals surface area contributed by atoms with E-state index in [-0.39, 0.29) is 0 Å². The van der Waals surface area contributed by atoms with Crippen molar-refractivity contribution in [3.63, 3.8) is 0 Å². The van der Waals surface area contributed by atoms with Crippen molar-refractivity contribution >= 4 is 0 Å². The van der Waals surface area contributed by atoms with Crippen molar-refractivity contribution in [1.82, 2.24) is 0 Å². The van der Waals surface area contributed by atoms with Crippen LogP contribution in [0.5, 0.6) is 0 Å². The maximum Gasteiger partial charge on any atom is -0.0136 e. The standard InChI is InChI=1S/C20H30.C2H6/c1-6-12-17(7-2)20(16(4)5)15-18(8-3)19-13-10-9-11-14-19;1-2/h6-7,9-14,16,18,20H,8,15H2,1-5H3;1-2H3/b12-6-,17-7+;. The monoisotopic (exact) mass is 300 g/mol. The van der Waals surface area contributed by atoms with Crippen molar-refractivity contribution in [2.24, 2.45) is 11.8 Å². The zero-order valence-corrected chi connectivity index (χ0v) is 15.8. The number of hydrogen-bond donors (Lipinski definition) is 0. The Kier molecular flexibility index (Phi) is 11.5. The fourth-order valence-electron chi connectivity index (χ4n) is 2.99. The van der Waals surface area contributed by atoms with Crippen LogP contribution in [0.4, 0.5) is 0 Å². The molecule has 0 saturated carbocycles. The van der Waals surface area contributed by atoms with Gasteiger partial charge in [-0.2, -0.15) is 0 Å². The molecule has 0 N–H and O–H groups in total. The van der Waals surface area contributed by atoms with Crippen LogP contribution in [0.25, 0.3) is 0 Å². The van der Waals surface area contributed by atoms with Gasteiger partial charge in [-0.25, -0.2) is 0 Å². The van der Waals surface area contributed by atoms with Gasteiger partial charge in [0.2, 0.25) is 0 Å². The molecule has 1 aromatic carbocycles. The van der Waals surface area contributed by atoms with Crippen molar-refractivity contribution in [2.75, 3.05) is 0 Å². The Morgan fingerprint density at radius 2 is 1.64 bits per heavy atom. The molecule has 0 amide bonds. The lowest BCUT2D eigenvalue weighted by atomic mass is 9.78. The molecule has 2 atom stereocenters. The van der Waals surface area contributed by atoms with Crippen molar-refractivity contribution in [2.45, 2.75) is 67.2 Å². The Morgan fingerprint density at radius 1 is 1.05 bits per heavy atom. The van der Waals surface area contributed by atoms with E-state index < -0.39 is 0 Å². The predicted molar refractivity (Wildman–Crippen MR) is 102 cm³/mol. The van der Waals surface area contributed by atoms with E-state index in [1.807, 2.05) is 13.8 Å². The largest absolute Gasteiger partial charge is 0.0874 e. The molecule has 0 spiro atoms. The number of benzene rings is 1. The van der Waals surface area contributed by atoms with Gasteiger partial charge in [-0.3, -0.25) is 0 Å². The van der Waals surface area contributed by atoms with Gasteiger partial charge >= 0.3 is 0 Å². The van der Waals surface area contributed by atoms with Crippen LogP contribution >= 0.6 is 0 Å². The van der Waals surface area contributed by atoms with Gasteiger partial charge in [-0.15, -0.1) is 0 Å². The molecule has 0 aromatic heterocycles. The van der Waals surface area contributed by atoms with Crippen LogP contribution < -0.4 is 0 Å². The SMILES string of the molecule is C/C=C\C(=C/C)C(CC(CC)c1ccccc1)C(C)C.CC. The van der Waals surface area contributed by atoms with Crippen LogP contribution in [-0.2, 0) is 0 Å². The second kappa shape index (κ2) is 12.3. The lowest BCUT2D eigenvalue weighted by Crippen LogP contribution is -2.15. The summed E-state index contributed by atoms with van der Waals surface area (Å²) in [6, 6.07) is 11.0. The Balaban J connectivity index is 0.00000211. The van der Waals surface area contributed by atoms with E-state index in [1.54, 1.807) is 0 Å². The molecule has 0 aliphatic carbocycles. The van der Waals surface area contributed by atoms with Gasteiger partial charge in [0.05, 0.1) is 0 Å². The third-order valence-electron chi connectivity index (χ3n) is 4.23. The first-order valence-electron chi connectivity index (χ1n) is 8.97. The molecule has 0 radical (unpaired) electrons. The van der Waals surface area contributed by atoms with Gasteiger partial charge in [0.25, 0.3) is 0 Å². The lowest BCUT2D eigenvalue weighted by Gasteiger charge is -2.27. The summed E-state index contributed by atoms with van der Waals surface area (Å²) in [5, 5.41) is 0. The van der Waals surface area contributed by atoms with Gasteiger partial charge in [-0.1, -0.05) is 83.2 Å². The Bertz CT molecular complexity index is 423. The smallest absolute Gasteiger partial charge is 0.0136 e. The molecule has 124 valence electrons. The highest BCUT2D eigenvalue weighted by Gasteiger charge is 2.21. The van der Waals surface area contributed by atoms with Crippen molar-refractivity contribution in [3.05, 3.63) is 59.7 Å². The highest BCUT2D eigenvalue weighted by atomic mass is 14.3. The third kappa shape index (κ3) is 6.64. The van der Waals surface area contributed by atoms with E-state index in [9.17, 15) is 0 Å². The van der Waals surface area contributed by atoms with Crippen molar-refractivity contribution in [1.29, 1.82) is 0 Å². The molecule has 0 saturated heterocycles. The fraction of sp³-hybridized carbons (Fsp3) is 0.545. The topological polar surface area (TPSA) is 0 Å². The van der Waals surface area contributed by atoms with Crippen molar-refractivity contribution < 1.29 is 0 Å². The average Bonchev–Trinajstić information content (AvgIpc) is 2.56. The summed E-state index contributed by atoms with van der Waals surface area (Å²) in [6.07, 6.45) is 9.17. The molecule has 0 heterocycles. The van der Waals surface area contributed by atoms with Crippen LogP contribution in [0.3, 0.4) is 0 Å². The van der Waals surface area contributed by atoms with Gasteiger partial charge < -0.3 is 0 Å². The highest BCUT2D eigenvalue weighted by molar-refractivity contribution is 5.24. The van der Waals surface area contributed by atoms with Gasteiger partial charge in [0, 0.05) is 0 Å². The zero-order valence-electron chi connectivity index (χ0n) is 15.8. The fourth-order valence-corrected chi connectivity index (χ4v) is 2.99. The lowest BCUT2D eigenvalue weighted by molar-refractivity contribution is 0.381. The Labute approximate surface area is 139 Å². The summed E-state index contributed by atoms with van der Waals surface area (Å²) in [7, 11) is 0. The summed E-state index contributed by atoms with van der Waals surface area (Å²) < 4.78 is 0. The molecule has 0 aliphatic heterocycles. The normalized spacial score (nSPS) is 14.6. The van der Waals surface area contributed by atoms with Gasteiger partial charge in [-0.05, 0) is 55.6 Å². The number of rotatable bonds is 7. The van der Waals surface area contributed by atoms with Gasteiger partial charge in [0.1, 0.15) is 0 Å². The van der Waals surface area contributed by atoms with E-state index in [1.165, 1.54) is 24.0 Å². The summed E-state index contributed by atoms with van der Waals surface area (Å²) >= 11 is 0. The van der Waals surface area contributed by atoms with Crippen LogP contribution in [0.1, 0.15) is 72.8 Å². The zero-order chi connectivity index (χ0) is 17.0. The first-order chi connectivity index (χ1) is 10.6. The minimum atomic E-state index is 0.640. The molecule has 0 heteroatoms. The minimum Gasteiger partial charge on any atom is -0.0874 e. The van der Waals surface area contributed by atoms with E-state index >= 15 is 0 Å². The maximum atomic E-state index is 2.34. The molecule has 0 aliphatic rings. The van der Waals surface area contributed by atoms with Gasteiger partial charge in [0.15, 0.2) is 0 Å². The van der Waals surface area contributed by atoms with Crippen LogP contribution in [0.2, 0.25) is 0 Å². The summed E-state index contributed by atoms with van der Waals surface area (Å²) in [6.45, 7) is 15.3. The number of allylic oxidation sites excluding steroid dienone is 4. The third-order valence-corrected chi connectivity index (χ3v) is 4.23. The predicted octanol–water partition coefficient (Wildman–Crippen LogP) is 7.39. The maximum absolute atomic E-state index is 2.34. The van der Waals surface area contributed by atoms with Crippen LogP contribution in [0, 0.1) is 11.8 Å². The van der Waals surface area contributed by atoms with Crippen LogP contribution in [-0.4, -0.2) is 0 Å².